The number of ether oxygens (including phenoxy) is 3. The zero-order chi connectivity index (χ0) is 28.1. The van der Waals surface area contributed by atoms with Gasteiger partial charge in [-0.25, -0.2) is 19.0 Å². The van der Waals surface area contributed by atoms with E-state index in [0.717, 1.165) is 33.5 Å². The highest BCUT2D eigenvalue weighted by Crippen LogP contribution is 2.39. The van der Waals surface area contributed by atoms with E-state index in [-0.39, 0.29) is 5.82 Å². The second kappa shape index (κ2) is 11.8. The van der Waals surface area contributed by atoms with Crippen molar-refractivity contribution in [3.8, 4) is 28.6 Å². The lowest BCUT2D eigenvalue weighted by Crippen LogP contribution is -2.23. The van der Waals surface area contributed by atoms with Crippen LogP contribution in [-0.2, 0) is 5.41 Å². The van der Waals surface area contributed by atoms with E-state index in [1.165, 1.54) is 18.5 Å². The molecule has 2 aromatic heterocycles. The zero-order valence-corrected chi connectivity index (χ0v) is 23.6. The number of rotatable bonds is 11. The maximum atomic E-state index is 13.8. The Balaban J connectivity index is 1.36. The van der Waals surface area contributed by atoms with Crippen molar-refractivity contribution in [2.24, 2.45) is 0 Å². The first-order chi connectivity index (χ1) is 19.4. The van der Waals surface area contributed by atoms with E-state index in [9.17, 15) is 4.39 Å². The molecular formula is C30H30FN5O3S. The fourth-order valence-electron chi connectivity index (χ4n) is 4.42. The van der Waals surface area contributed by atoms with Gasteiger partial charge in [0, 0.05) is 16.9 Å². The second-order valence-electron chi connectivity index (χ2n) is 9.46. The van der Waals surface area contributed by atoms with Gasteiger partial charge in [-0.2, -0.15) is 5.10 Å². The van der Waals surface area contributed by atoms with Gasteiger partial charge in [0.2, 0.25) is 0 Å². The largest absolute Gasteiger partial charge is 0.493 e. The Labute approximate surface area is 236 Å². The number of thioether (sulfide) groups is 1. The van der Waals surface area contributed by atoms with Crippen molar-refractivity contribution in [1.82, 2.24) is 24.3 Å². The quantitative estimate of drug-likeness (QED) is 0.143. The van der Waals surface area contributed by atoms with Crippen LogP contribution in [0.3, 0.4) is 0 Å². The van der Waals surface area contributed by atoms with Crippen molar-refractivity contribution in [1.29, 1.82) is 0 Å². The summed E-state index contributed by atoms with van der Waals surface area (Å²) in [7, 11) is 3.24. The molecule has 0 saturated heterocycles. The van der Waals surface area contributed by atoms with E-state index >= 15 is 0 Å². The van der Waals surface area contributed by atoms with Gasteiger partial charge in [-0.15, -0.1) is 0 Å². The molecule has 5 rings (SSSR count). The summed E-state index contributed by atoms with van der Waals surface area (Å²) >= 11 is 1.58. The molecule has 0 unspecified atom stereocenters. The van der Waals surface area contributed by atoms with Gasteiger partial charge in [0.25, 0.3) is 0 Å². The fourth-order valence-corrected chi connectivity index (χ4v) is 5.23. The lowest BCUT2D eigenvalue weighted by Gasteiger charge is -2.28. The minimum atomic E-state index is -0.456. The predicted molar refractivity (Wildman–Crippen MR) is 153 cm³/mol. The number of nitrogens with zero attached hydrogens (tertiary/aromatic N) is 5. The molecule has 206 valence electrons. The molecule has 0 bridgehead atoms. The van der Waals surface area contributed by atoms with Gasteiger partial charge >= 0.3 is 0 Å². The summed E-state index contributed by atoms with van der Waals surface area (Å²) in [4.78, 5) is 8.75. The molecule has 0 fully saturated rings. The average molecular weight is 560 g/mol. The summed E-state index contributed by atoms with van der Waals surface area (Å²) in [5.41, 5.74) is 3.27. The molecule has 3 aromatic carbocycles. The van der Waals surface area contributed by atoms with Crippen molar-refractivity contribution >= 4 is 11.8 Å². The molecule has 0 amide bonds. The summed E-state index contributed by atoms with van der Waals surface area (Å²) in [5.74, 6) is 2.46. The first-order valence-corrected chi connectivity index (χ1v) is 13.7. The predicted octanol–water partition coefficient (Wildman–Crippen LogP) is 6.11. The van der Waals surface area contributed by atoms with E-state index in [0.29, 0.717) is 23.9 Å². The number of hydrogen-bond donors (Lipinski definition) is 0. The Morgan fingerprint density at radius 1 is 0.900 bits per heavy atom. The summed E-state index contributed by atoms with van der Waals surface area (Å²) < 4.78 is 34.5. The van der Waals surface area contributed by atoms with Crippen LogP contribution in [0.4, 0.5) is 4.39 Å². The van der Waals surface area contributed by atoms with Gasteiger partial charge in [0.15, 0.2) is 16.7 Å². The molecule has 0 N–H and O–H groups in total. The summed E-state index contributed by atoms with van der Waals surface area (Å²) in [6.07, 6.45) is 5.03. The molecule has 5 aromatic rings. The maximum absolute atomic E-state index is 13.8. The molecule has 0 aliphatic rings. The Kier molecular flexibility index (Phi) is 8.06. The lowest BCUT2D eigenvalue weighted by atomic mass is 9.81. The molecule has 0 radical (unpaired) electrons. The summed E-state index contributed by atoms with van der Waals surface area (Å²) in [6, 6.07) is 20.0. The van der Waals surface area contributed by atoms with Crippen molar-refractivity contribution in [3.63, 3.8) is 0 Å². The smallest absolute Gasteiger partial charge is 0.172 e. The number of benzene rings is 3. The number of halogens is 1. The van der Waals surface area contributed by atoms with Crippen molar-refractivity contribution < 1.29 is 18.6 Å². The molecule has 0 saturated carbocycles. The van der Waals surface area contributed by atoms with E-state index in [1.807, 2.05) is 48.7 Å². The minimum absolute atomic E-state index is 0.290. The zero-order valence-electron chi connectivity index (χ0n) is 22.7. The molecule has 0 aliphatic heterocycles. The van der Waals surface area contributed by atoms with Crippen LogP contribution < -0.4 is 14.2 Å². The van der Waals surface area contributed by atoms with Crippen molar-refractivity contribution in [2.45, 2.75) is 24.4 Å². The molecule has 0 spiro atoms. The fraction of sp³-hybridized carbons (Fsp3) is 0.233. The van der Waals surface area contributed by atoms with Crippen LogP contribution in [0, 0.1) is 5.82 Å². The van der Waals surface area contributed by atoms with Crippen molar-refractivity contribution in [2.75, 3.05) is 26.6 Å². The third-order valence-electron chi connectivity index (χ3n) is 6.66. The highest BCUT2D eigenvalue weighted by atomic mass is 32.2. The van der Waals surface area contributed by atoms with Crippen LogP contribution in [0.5, 0.6) is 17.2 Å². The van der Waals surface area contributed by atoms with Gasteiger partial charge < -0.3 is 14.2 Å². The van der Waals surface area contributed by atoms with E-state index < -0.39 is 5.41 Å². The van der Waals surface area contributed by atoms with Crippen LogP contribution in [-0.4, -0.2) is 50.9 Å². The number of imidazole rings is 1. The van der Waals surface area contributed by atoms with E-state index in [1.54, 1.807) is 49.1 Å². The number of hydrogen-bond acceptors (Lipinski definition) is 7. The van der Waals surface area contributed by atoms with Crippen molar-refractivity contribution in [3.05, 3.63) is 103 Å². The molecular weight excluding hydrogens is 529 g/mol. The maximum Gasteiger partial charge on any atom is 0.172 e. The Morgan fingerprint density at radius 3 is 2.30 bits per heavy atom. The minimum Gasteiger partial charge on any atom is -0.493 e. The molecule has 2 heterocycles. The second-order valence-corrected chi connectivity index (χ2v) is 10.5. The van der Waals surface area contributed by atoms with Gasteiger partial charge in [-0.05, 0) is 66.2 Å². The normalized spacial score (nSPS) is 11.4. The highest BCUT2D eigenvalue weighted by molar-refractivity contribution is 7.99. The number of methoxy groups -OCH3 is 2. The standard InChI is InChI=1S/C30H30FN5O3S/c1-30(2,21-5-14-26(37-3)27(17-21)38-4)28-18-33-29(36(28)24-8-6-22(31)7-9-24)40-16-15-39-25-12-10-23(11-13-25)35-20-32-19-34-35/h5-14,17-20H,15-16H2,1-4H3. The Morgan fingerprint density at radius 2 is 1.62 bits per heavy atom. The van der Waals surface area contributed by atoms with Crippen LogP contribution in [0.1, 0.15) is 25.1 Å². The molecule has 40 heavy (non-hydrogen) atoms. The monoisotopic (exact) mass is 559 g/mol. The average Bonchev–Trinajstić information content (AvgIpc) is 3.67. The summed E-state index contributed by atoms with van der Waals surface area (Å²) in [6.45, 7) is 4.75. The van der Waals surface area contributed by atoms with E-state index in [4.69, 9.17) is 19.2 Å². The third-order valence-corrected chi connectivity index (χ3v) is 7.58. The van der Waals surface area contributed by atoms with Gasteiger partial charge in [0.05, 0.1) is 38.4 Å². The topological polar surface area (TPSA) is 76.2 Å². The van der Waals surface area contributed by atoms with Crippen LogP contribution in [0.15, 0.2) is 90.7 Å². The van der Waals surface area contributed by atoms with Crippen LogP contribution >= 0.6 is 11.8 Å². The lowest BCUT2D eigenvalue weighted by molar-refractivity contribution is 0.344. The van der Waals surface area contributed by atoms with Crippen LogP contribution in [0.25, 0.3) is 11.4 Å². The van der Waals surface area contributed by atoms with Gasteiger partial charge in [-0.3, -0.25) is 4.57 Å². The Hall–Kier alpha value is -4.31. The third kappa shape index (κ3) is 5.67. The first kappa shape index (κ1) is 27.3. The molecule has 10 heteroatoms. The molecule has 8 nitrogen and oxygen atoms in total. The molecule has 0 atom stereocenters. The Bertz CT molecular complexity index is 1550. The van der Waals surface area contributed by atoms with E-state index in [2.05, 4.69) is 28.5 Å². The van der Waals surface area contributed by atoms with Gasteiger partial charge in [0.1, 0.15) is 24.2 Å². The number of aromatic nitrogens is 5. The molecule has 0 aliphatic carbocycles. The van der Waals surface area contributed by atoms with Crippen LogP contribution in [0.2, 0.25) is 0 Å². The SMILES string of the molecule is COc1ccc(C(C)(C)c2cnc(SCCOc3ccc(-n4cncn4)cc3)n2-c2ccc(F)cc2)cc1OC. The highest BCUT2D eigenvalue weighted by Gasteiger charge is 2.30. The summed E-state index contributed by atoms with van der Waals surface area (Å²) in [5, 5.41) is 4.93. The first-order valence-electron chi connectivity index (χ1n) is 12.7. The van der Waals surface area contributed by atoms with Gasteiger partial charge in [-0.1, -0.05) is 31.7 Å².